The van der Waals surface area contributed by atoms with Gasteiger partial charge < -0.3 is 16.0 Å². The van der Waals surface area contributed by atoms with Crippen molar-refractivity contribution < 1.29 is 52.2 Å². The molecule has 0 saturated carbocycles. The van der Waals surface area contributed by atoms with Crippen LogP contribution in [0.25, 0.3) is 16.0 Å². The number of alkyl halides is 6. The monoisotopic (exact) mass is 757 g/mol. The summed E-state index contributed by atoms with van der Waals surface area (Å²) < 4.78 is 72.3. The first-order valence-electron chi connectivity index (χ1n) is 12.1. The van der Waals surface area contributed by atoms with Crippen LogP contribution in [0.5, 0.6) is 0 Å². The average Bonchev–Trinajstić information content (AvgIpc) is 3.02. The van der Waals surface area contributed by atoms with Crippen molar-refractivity contribution in [3.8, 4) is 0 Å². The number of nitrogens with zero attached hydrogens (tertiary/aromatic N) is 3. The molecule has 212 valence electrons. The molecule has 0 unspecified atom stereocenters. The predicted molar refractivity (Wildman–Crippen MR) is 142 cm³/mol. The van der Waals surface area contributed by atoms with Crippen LogP contribution in [-0.2, 0) is 25.8 Å². The van der Waals surface area contributed by atoms with Crippen LogP contribution in [0.15, 0.2) is 24.3 Å². The number of hydrogen-bond donors (Lipinski definition) is 0. The molecule has 0 bridgehead atoms. The Kier molecular flexibility index (Phi) is 26.5. The van der Waals surface area contributed by atoms with Crippen LogP contribution < -0.4 is 4.40 Å². The zero-order valence-corrected chi connectivity index (χ0v) is 30.0. The van der Waals surface area contributed by atoms with Crippen molar-refractivity contribution in [2.45, 2.75) is 129 Å². The summed E-state index contributed by atoms with van der Waals surface area (Å²) in [6.07, 6.45) is 0. The zero-order chi connectivity index (χ0) is 28.6. The van der Waals surface area contributed by atoms with Crippen LogP contribution in [0.4, 0.5) is 26.3 Å². The third-order valence-electron chi connectivity index (χ3n) is 3.47. The van der Waals surface area contributed by atoms with Crippen molar-refractivity contribution in [1.29, 1.82) is 0 Å². The molecule has 0 aliphatic heterocycles. The number of halogens is 6. The molecular formula is C25H47F6GeHfN3. The van der Waals surface area contributed by atoms with Gasteiger partial charge in [-0.15, -0.1) is 36.3 Å². The molecule has 0 fully saturated rings. The zero-order valence-electron chi connectivity index (χ0n) is 24.0. The molecule has 0 saturated heterocycles. The maximum absolute atomic E-state index is 12.1. The van der Waals surface area contributed by atoms with Gasteiger partial charge >= 0.3 is 105 Å². The number of rotatable bonds is 7. The Morgan fingerprint density at radius 2 is 0.694 bits per heavy atom. The summed E-state index contributed by atoms with van der Waals surface area (Å²) in [7, 11) is 0. The smallest absolute Gasteiger partial charge is 4.00 e. The van der Waals surface area contributed by atoms with Crippen molar-refractivity contribution in [2.75, 3.05) is 0 Å². The van der Waals surface area contributed by atoms with Crippen LogP contribution in [0.1, 0.15) is 83.1 Å². The Balaban J connectivity index is -0.000000201. The molecule has 0 atom stereocenters. The molecule has 0 aliphatic carbocycles. The molecule has 11 heteroatoms. The number of hydrogen-bond acceptors (Lipinski definition) is 0. The molecule has 36 heavy (non-hydrogen) atoms. The Hall–Kier alpha value is 0.223. The SMILES string of the molecule is CC(C)[N-]C(C)C.CC(C)[N-]C(C)C.CC(C)[N-]C(C)C.F[C](F)(F)[GeH]([c-]1cccc1)[C](F)(F)F.[Hf+4]. The summed E-state index contributed by atoms with van der Waals surface area (Å²) in [6, 6.07) is 7.16. The second-order valence-corrected chi connectivity index (χ2v) is 15.7. The fraction of sp³-hybridized carbons (Fsp3) is 0.800. The van der Waals surface area contributed by atoms with E-state index in [-0.39, 0.29) is 25.8 Å². The quantitative estimate of drug-likeness (QED) is 0.152. The van der Waals surface area contributed by atoms with E-state index < -0.39 is 28.8 Å². The van der Waals surface area contributed by atoms with Gasteiger partial charge in [-0.05, 0) is 0 Å². The minimum atomic E-state index is -5.46. The van der Waals surface area contributed by atoms with Crippen molar-refractivity contribution in [3.05, 3.63) is 40.2 Å². The molecule has 0 heterocycles. The van der Waals surface area contributed by atoms with Crippen molar-refractivity contribution >= 4 is 18.7 Å². The van der Waals surface area contributed by atoms with Crippen LogP contribution >= 0.6 is 0 Å². The minimum Gasteiger partial charge on any atom is 4.00 e. The largest absolute Gasteiger partial charge is 4.00 e. The topological polar surface area (TPSA) is 42.3 Å². The summed E-state index contributed by atoms with van der Waals surface area (Å²) in [5, 5.41) is 2.61. The van der Waals surface area contributed by atoms with Crippen LogP contribution in [0.3, 0.4) is 0 Å². The Bertz CT molecular complexity index is 522. The maximum atomic E-state index is 12.1. The third kappa shape index (κ3) is 30.4. The first-order valence-corrected chi connectivity index (χ1v) is 15.7. The van der Waals surface area contributed by atoms with Gasteiger partial charge in [0, 0.05) is 0 Å². The van der Waals surface area contributed by atoms with E-state index in [0.29, 0.717) is 36.3 Å². The first kappa shape index (κ1) is 43.3. The fourth-order valence-corrected chi connectivity index (χ4v) is 6.57. The Morgan fingerprint density at radius 1 is 0.500 bits per heavy atom. The van der Waals surface area contributed by atoms with Gasteiger partial charge in [0.25, 0.3) is 0 Å². The molecule has 1 rings (SSSR count). The van der Waals surface area contributed by atoms with E-state index in [1.54, 1.807) is 0 Å². The molecule has 0 amide bonds. The van der Waals surface area contributed by atoms with E-state index >= 15 is 0 Å². The third-order valence-corrected chi connectivity index (χ3v) is 8.42. The van der Waals surface area contributed by atoms with Crippen LogP contribution in [0.2, 0.25) is 0 Å². The predicted octanol–water partition coefficient (Wildman–Crippen LogP) is 8.57. The Labute approximate surface area is 239 Å². The summed E-state index contributed by atoms with van der Waals surface area (Å²) in [4.78, 5) is 0. The second kappa shape index (κ2) is 22.1. The Morgan fingerprint density at radius 3 is 0.806 bits per heavy atom. The summed E-state index contributed by atoms with van der Waals surface area (Å²) in [5.41, 5.74) is 0. The molecule has 0 radical (unpaired) electrons. The molecule has 1 aromatic carbocycles. The van der Waals surface area contributed by atoms with Gasteiger partial charge in [-0.1, -0.05) is 83.1 Å². The van der Waals surface area contributed by atoms with E-state index in [4.69, 9.17) is 0 Å². The van der Waals surface area contributed by atoms with Gasteiger partial charge in [-0.25, -0.2) is 0 Å². The second-order valence-electron chi connectivity index (χ2n) is 9.74. The molecule has 1 aromatic rings. The van der Waals surface area contributed by atoms with Crippen molar-refractivity contribution in [3.63, 3.8) is 0 Å². The summed E-state index contributed by atoms with van der Waals surface area (Å²) in [5.74, 6) is 0. The molecule has 0 N–H and O–H groups in total. The van der Waals surface area contributed by atoms with E-state index in [1.807, 2.05) is 0 Å². The summed E-state index contributed by atoms with van der Waals surface area (Å²) in [6.45, 7) is 25.2. The average molecular weight is 755 g/mol. The van der Waals surface area contributed by atoms with Crippen molar-refractivity contribution in [1.82, 2.24) is 0 Å². The molecule has 3 nitrogen and oxygen atoms in total. The summed E-state index contributed by atoms with van der Waals surface area (Å²) >= 11 is -5.46. The van der Waals surface area contributed by atoms with Crippen LogP contribution in [0, 0.1) is 0 Å². The standard InChI is InChI=1S/C7H5F6Ge.3C6H14N.Hf/c8-6(9,10)14(7(11,12)13)5-3-1-2-4-5;3*1-5(2)7-6(3)4;/h1-4,14H;3*5-6H,1-4H3;/q4*-1;+4. The first-order chi connectivity index (χ1) is 15.6. The molecular weight excluding hydrogens is 707 g/mol. The van der Waals surface area contributed by atoms with Gasteiger partial charge in [0.15, 0.2) is 0 Å². The van der Waals surface area contributed by atoms with E-state index in [1.165, 1.54) is 12.1 Å². The van der Waals surface area contributed by atoms with Gasteiger partial charge in [-0.2, -0.15) is 0 Å². The van der Waals surface area contributed by atoms with E-state index in [2.05, 4.69) is 99.0 Å². The van der Waals surface area contributed by atoms with Gasteiger partial charge in [0.1, 0.15) is 0 Å². The van der Waals surface area contributed by atoms with Gasteiger partial charge in [0.05, 0.1) is 0 Å². The molecule has 0 aromatic heterocycles. The fourth-order valence-electron chi connectivity index (χ4n) is 2.93. The van der Waals surface area contributed by atoms with Crippen LogP contribution in [-0.4, -0.2) is 60.6 Å². The van der Waals surface area contributed by atoms with Gasteiger partial charge in [0.2, 0.25) is 0 Å². The maximum Gasteiger partial charge on any atom is 4.00 e. The molecule has 0 aliphatic rings. The van der Waals surface area contributed by atoms with Crippen molar-refractivity contribution in [2.24, 2.45) is 0 Å². The normalized spacial score (nSPS) is 11.8. The molecule has 0 spiro atoms. The minimum absolute atomic E-state index is 0. The van der Waals surface area contributed by atoms with E-state index in [9.17, 15) is 26.3 Å². The van der Waals surface area contributed by atoms with Gasteiger partial charge in [-0.3, -0.25) is 0 Å². The van der Waals surface area contributed by atoms with E-state index in [0.717, 1.165) is 12.1 Å².